The molecule has 1 aliphatic carbocycles. The number of carbonyl (C=O) groups excluding carboxylic acids is 1. The molecule has 0 saturated heterocycles. The third-order valence-corrected chi connectivity index (χ3v) is 3.69. The summed E-state index contributed by atoms with van der Waals surface area (Å²) in [5.74, 6) is -0.0400. The smallest absolute Gasteiger partial charge is 0.251 e. The second kappa shape index (κ2) is 4.88. The number of hydrogen-bond acceptors (Lipinski definition) is 2. The van der Waals surface area contributed by atoms with Crippen molar-refractivity contribution in [3.8, 4) is 0 Å². The standard InChI is InChI=1S/C14H19NO2/c1-2-15-13(17)11-5-3-6-12(9-11)14(10-16)7-4-8-14/h3,5-6,9,16H,2,4,7-8,10H2,1H3,(H,15,17). The van der Waals surface area contributed by atoms with Crippen molar-refractivity contribution in [2.45, 2.75) is 31.6 Å². The summed E-state index contributed by atoms with van der Waals surface area (Å²) in [6, 6.07) is 7.65. The molecule has 1 amide bonds. The van der Waals surface area contributed by atoms with E-state index in [1.807, 2.05) is 31.2 Å². The summed E-state index contributed by atoms with van der Waals surface area (Å²) in [7, 11) is 0. The molecule has 3 heteroatoms. The lowest BCUT2D eigenvalue weighted by molar-refractivity contribution is 0.0954. The fourth-order valence-electron chi connectivity index (χ4n) is 2.39. The van der Waals surface area contributed by atoms with Gasteiger partial charge in [-0.05, 0) is 37.5 Å². The first-order valence-electron chi connectivity index (χ1n) is 6.21. The lowest BCUT2D eigenvalue weighted by Gasteiger charge is -2.41. The van der Waals surface area contributed by atoms with Gasteiger partial charge in [-0.25, -0.2) is 0 Å². The molecule has 0 aromatic heterocycles. The summed E-state index contributed by atoms with van der Waals surface area (Å²) in [5, 5.41) is 12.3. The Balaban J connectivity index is 2.25. The predicted molar refractivity (Wildman–Crippen MR) is 67.1 cm³/mol. The topological polar surface area (TPSA) is 49.3 Å². The first kappa shape index (κ1) is 12.1. The van der Waals surface area contributed by atoms with E-state index in [1.165, 1.54) is 0 Å². The van der Waals surface area contributed by atoms with E-state index < -0.39 is 0 Å². The molecule has 0 heterocycles. The molecule has 1 fully saturated rings. The second-order valence-corrected chi connectivity index (χ2v) is 4.73. The molecule has 3 nitrogen and oxygen atoms in total. The molecule has 1 aromatic rings. The molecule has 0 bridgehead atoms. The highest BCUT2D eigenvalue weighted by atomic mass is 16.3. The molecule has 2 N–H and O–H groups in total. The third kappa shape index (κ3) is 2.20. The van der Waals surface area contributed by atoms with E-state index in [9.17, 15) is 9.90 Å². The Labute approximate surface area is 102 Å². The number of aliphatic hydroxyl groups excluding tert-OH is 1. The zero-order chi connectivity index (χ0) is 12.3. The molecule has 1 saturated carbocycles. The number of hydrogen-bond donors (Lipinski definition) is 2. The van der Waals surface area contributed by atoms with Crippen molar-refractivity contribution in [1.29, 1.82) is 0 Å². The van der Waals surface area contributed by atoms with Gasteiger partial charge in [0.25, 0.3) is 5.91 Å². The van der Waals surface area contributed by atoms with Gasteiger partial charge in [0.2, 0.25) is 0 Å². The van der Waals surface area contributed by atoms with Gasteiger partial charge in [-0.15, -0.1) is 0 Å². The van der Waals surface area contributed by atoms with Crippen LogP contribution in [0.2, 0.25) is 0 Å². The highest BCUT2D eigenvalue weighted by Crippen LogP contribution is 2.43. The first-order chi connectivity index (χ1) is 8.22. The van der Waals surface area contributed by atoms with Crippen LogP contribution >= 0.6 is 0 Å². The fraction of sp³-hybridized carbons (Fsp3) is 0.500. The maximum atomic E-state index is 11.7. The quantitative estimate of drug-likeness (QED) is 0.833. The van der Waals surface area contributed by atoms with Gasteiger partial charge in [-0.1, -0.05) is 18.6 Å². The van der Waals surface area contributed by atoms with Gasteiger partial charge in [-0.2, -0.15) is 0 Å². The van der Waals surface area contributed by atoms with Gasteiger partial charge in [0, 0.05) is 17.5 Å². The van der Waals surface area contributed by atoms with Crippen molar-refractivity contribution in [2.24, 2.45) is 0 Å². The van der Waals surface area contributed by atoms with Crippen LogP contribution in [0.15, 0.2) is 24.3 Å². The summed E-state index contributed by atoms with van der Waals surface area (Å²) < 4.78 is 0. The van der Waals surface area contributed by atoms with Gasteiger partial charge in [0.15, 0.2) is 0 Å². The van der Waals surface area contributed by atoms with Crippen LogP contribution in [0.3, 0.4) is 0 Å². The Morgan fingerprint density at radius 3 is 2.76 bits per heavy atom. The summed E-state index contributed by atoms with van der Waals surface area (Å²) in [6.07, 6.45) is 3.19. The van der Waals surface area contributed by atoms with Crippen molar-refractivity contribution in [3.63, 3.8) is 0 Å². The Morgan fingerprint density at radius 1 is 1.47 bits per heavy atom. The normalized spacial score (nSPS) is 17.3. The van der Waals surface area contributed by atoms with Crippen molar-refractivity contribution < 1.29 is 9.90 Å². The van der Waals surface area contributed by atoms with E-state index in [1.54, 1.807) is 0 Å². The zero-order valence-corrected chi connectivity index (χ0v) is 10.2. The van der Waals surface area contributed by atoms with Crippen LogP contribution in [0.5, 0.6) is 0 Å². The minimum absolute atomic E-state index is 0.0400. The molecule has 0 unspecified atom stereocenters. The molecular formula is C14H19NO2. The van der Waals surface area contributed by atoms with Crippen molar-refractivity contribution >= 4 is 5.91 Å². The Hall–Kier alpha value is -1.35. The molecule has 0 aliphatic heterocycles. The molecule has 1 aliphatic rings. The summed E-state index contributed by atoms with van der Waals surface area (Å²) >= 11 is 0. The minimum Gasteiger partial charge on any atom is -0.395 e. The van der Waals surface area contributed by atoms with Crippen LogP contribution in [-0.4, -0.2) is 24.2 Å². The molecular weight excluding hydrogens is 214 g/mol. The fourth-order valence-corrected chi connectivity index (χ4v) is 2.39. The Bertz CT molecular complexity index is 405. The van der Waals surface area contributed by atoms with Gasteiger partial charge in [-0.3, -0.25) is 4.79 Å². The molecule has 92 valence electrons. The van der Waals surface area contributed by atoms with Gasteiger partial charge in [0.1, 0.15) is 0 Å². The number of amides is 1. The Kier molecular flexibility index (Phi) is 3.48. The van der Waals surface area contributed by atoms with E-state index in [4.69, 9.17) is 0 Å². The lowest BCUT2D eigenvalue weighted by atomic mass is 9.65. The number of aliphatic hydroxyl groups is 1. The highest BCUT2D eigenvalue weighted by Gasteiger charge is 2.38. The van der Waals surface area contributed by atoms with E-state index in [0.29, 0.717) is 12.1 Å². The summed E-state index contributed by atoms with van der Waals surface area (Å²) in [6.45, 7) is 2.71. The highest BCUT2D eigenvalue weighted by molar-refractivity contribution is 5.94. The molecule has 2 rings (SSSR count). The third-order valence-electron chi connectivity index (χ3n) is 3.69. The second-order valence-electron chi connectivity index (χ2n) is 4.73. The number of carbonyl (C=O) groups is 1. The number of benzene rings is 1. The SMILES string of the molecule is CCNC(=O)c1cccc(C2(CO)CCC2)c1. The zero-order valence-electron chi connectivity index (χ0n) is 10.2. The Morgan fingerprint density at radius 2 is 2.24 bits per heavy atom. The predicted octanol–water partition coefficient (Wildman–Crippen LogP) is 1.85. The van der Waals surface area contributed by atoms with Crippen molar-refractivity contribution in [3.05, 3.63) is 35.4 Å². The van der Waals surface area contributed by atoms with E-state index in [0.717, 1.165) is 24.8 Å². The lowest BCUT2D eigenvalue weighted by Crippen LogP contribution is -2.38. The minimum atomic E-state index is -0.0947. The molecule has 0 spiro atoms. The van der Waals surface area contributed by atoms with Crippen LogP contribution in [0, 0.1) is 0 Å². The molecule has 1 aromatic carbocycles. The van der Waals surface area contributed by atoms with Crippen LogP contribution in [0.4, 0.5) is 0 Å². The maximum absolute atomic E-state index is 11.7. The van der Waals surface area contributed by atoms with Crippen molar-refractivity contribution in [1.82, 2.24) is 5.32 Å². The average molecular weight is 233 g/mol. The van der Waals surface area contributed by atoms with Crippen LogP contribution < -0.4 is 5.32 Å². The molecule has 17 heavy (non-hydrogen) atoms. The van der Waals surface area contributed by atoms with Gasteiger partial charge >= 0.3 is 0 Å². The molecule has 0 atom stereocenters. The largest absolute Gasteiger partial charge is 0.395 e. The number of nitrogens with one attached hydrogen (secondary N) is 1. The van der Waals surface area contributed by atoms with Crippen LogP contribution in [0.25, 0.3) is 0 Å². The van der Waals surface area contributed by atoms with Crippen molar-refractivity contribution in [2.75, 3.05) is 13.2 Å². The summed E-state index contributed by atoms with van der Waals surface area (Å²) in [4.78, 5) is 11.7. The summed E-state index contributed by atoms with van der Waals surface area (Å²) in [5.41, 5.74) is 1.68. The first-order valence-corrected chi connectivity index (χ1v) is 6.21. The van der Waals surface area contributed by atoms with Crippen LogP contribution in [-0.2, 0) is 5.41 Å². The van der Waals surface area contributed by atoms with E-state index >= 15 is 0 Å². The maximum Gasteiger partial charge on any atom is 0.251 e. The monoisotopic (exact) mass is 233 g/mol. The van der Waals surface area contributed by atoms with Crippen LogP contribution in [0.1, 0.15) is 42.1 Å². The van der Waals surface area contributed by atoms with E-state index in [-0.39, 0.29) is 17.9 Å². The van der Waals surface area contributed by atoms with Gasteiger partial charge < -0.3 is 10.4 Å². The average Bonchev–Trinajstić information content (AvgIpc) is 2.29. The van der Waals surface area contributed by atoms with Gasteiger partial charge in [0.05, 0.1) is 6.61 Å². The molecule has 0 radical (unpaired) electrons. The number of rotatable bonds is 4. The van der Waals surface area contributed by atoms with E-state index in [2.05, 4.69) is 5.32 Å².